The van der Waals surface area contributed by atoms with Crippen LogP contribution in [0, 0.1) is 5.92 Å². The van der Waals surface area contributed by atoms with Crippen LogP contribution in [0.5, 0.6) is 0 Å². The smallest absolute Gasteiger partial charge is 0.303 e. The minimum Gasteiger partial charge on any atom is -0.481 e. The van der Waals surface area contributed by atoms with Gasteiger partial charge in [-0.3, -0.25) is 9.59 Å². The van der Waals surface area contributed by atoms with Gasteiger partial charge in [-0.2, -0.15) is 0 Å². The third-order valence-electron chi connectivity index (χ3n) is 2.37. The maximum absolute atomic E-state index is 11.4. The summed E-state index contributed by atoms with van der Waals surface area (Å²) in [6.45, 7) is 3.71. The van der Waals surface area contributed by atoms with Gasteiger partial charge in [0.1, 0.15) is 0 Å². The minimum atomic E-state index is -0.821. The Morgan fingerprint density at radius 1 is 1.43 bits per heavy atom. The molecule has 14 heavy (non-hydrogen) atoms. The molecule has 0 bridgehead atoms. The van der Waals surface area contributed by atoms with Gasteiger partial charge in [0.2, 0.25) is 5.91 Å². The molecule has 80 valence electrons. The molecule has 0 unspecified atom stereocenters. The first-order valence-electron chi connectivity index (χ1n) is 4.94. The average Bonchev–Trinajstić information content (AvgIpc) is 2.82. The lowest BCUT2D eigenvalue weighted by molar-refractivity contribution is -0.137. The summed E-state index contributed by atoms with van der Waals surface area (Å²) in [5, 5.41) is 11.4. The average molecular weight is 199 g/mol. The van der Waals surface area contributed by atoms with E-state index in [1.54, 1.807) is 0 Å². The van der Waals surface area contributed by atoms with Crippen LogP contribution in [0.4, 0.5) is 0 Å². The monoisotopic (exact) mass is 199 g/mol. The molecule has 2 N–H and O–H groups in total. The topological polar surface area (TPSA) is 66.4 Å². The van der Waals surface area contributed by atoms with Gasteiger partial charge in [-0.25, -0.2) is 0 Å². The number of carboxylic acids is 1. The third kappa shape index (κ3) is 3.77. The van der Waals surface area contributed by atoms with E-state index in [2.05, 4.69) is 5.32 Å². The molecule has 1 aliphatic carbocycles. The minimum absolute atomic E-state index is 0.0698. The van der Waals surface area contributed by atoms with E-state index in [9.17, 15) is 9.59 Å². The normalized spacial score (nSPS) is 16.4. The Morgan fingerprint density at radius 3 is 2.43 bits per heavy atom. The number of carbonyl (C=O) groups is 2. The molecular weight excluding hydrogens is 182 g/mol. The van der Waals surface area contributed by atoms with Crippen molar-refractivity contribution in [3.05, 3.63) is 0 Å². The first kappa shape index (κ1) is 11.0. The number of rotatable bonds is 5. The zero-order valence-corrected chi connectivity index (χ0v) is 8.67. The largest absolute Gasteiger partial charge is 0.481 e. The van der Waals surface area contributed by atoms with Gasteiger partial charge >= 0.3 is 5.97 Å². The van der Waals surface area contributed by atoms with E-state index in [4.69, 9.17) is 5.11 Å². The van der Waals surface area contributed by atoms with Crippen molar-refractivity contribution < 1.29 is 14.7 Å². The van der Waals surface area contributed by atoms with Gasteiger partial charge in [-0.1, -0.05) is 0 Å². The number of carboxylic acid groups (broad SMARTS) is 1. The number of aliphatic carboxylic acids is 1. The van der Waals surface area contributed by atoms with Gasteiger partial charge in [0.25, 0.3) is 0 Å². The predicted octanol–water partition coefficient (Wildman–Crippen LogP) is 1.16. The van der Waals surface area contributed by atoms with Gasteiger partial charge in [-0.15, -0.1) is 0 Å². The maximum atomic E-state index is 11.4. The van der Waals surface area contributed by atoms with E-state index < -0.39 is 11.5 Å². The Morgan fingerprint density at radius 2 is 2.00 bits per heavy atom. The molecule has 1 aliphatic rings. The molecule has 0 aromatic rings. The molecule has 0 atom stereocenters. The molecule has 0 saturated heterocycles. The summed E-state index contributed by atoms with van der Waals surface area (Å²) in [6, 6.07) is 0. The van der Waals surface area contributed by atoms with Gasteiger partial charge in [0.05, 0.1) is 0 Å². The first-order valence-corrected chi connectivity index (χ1v) is 4.94. The van der Waals surface area contributed by atoms with Crippen LogP contribution >= 0.6 is 0 Å². The summed E-state index contributed by atoms with van der Waals surface area (Å²) in [4.78, 5) is 21.8. The quantitative estimate of drug-likeness (QED) is 0.698. The van der Waals surface area contributed by atoms with Crippen molar-refractivity contribution in [1.29, 1.82) is 0 Å². The standard InChI is InChI=1S/C10H17NO3/c1-10(2,6-5-8(12)13)11-9(14)7-3-4-7/h7H,3-6H2,1-2H3,(H,11,14)(H,12,13). The van der Waals surface area contributed by atoms with E-state index >= 15 is 0 Å². The molecule has 0 aromatic carbocycles. The Labute approximate surface area is 83.7 Å². The van der Waals surface area contributed by atoms with Gasteiger partial charge in [-0.05, 0) is 33.1 Å². The van der Waals surface area contributed by atoms with Crippen molar-refractivity contribution in [1.82, 2.24) is 5.32 Å². The van der Waals surface area contributed by atoms with Gasteiger partial charge in [0, 0.05) is 17.9 Å². The number of carbonyl (C=O) groups excluding carboxylic acids is 1. The highest BCUT2D eigenvalue weighted by Crippen LogP contribution is 2.29. The number of hydrogen-bond donors (Lipinski definition) is 2. The van der Waals surface area contributed by atoms with Crippen molar-refractivity contribution in [2.75, 3.05) is 0 Å². The van der Waals surface area contributed by atoms with Crippen LogP contribution in [0.2, 0.25) is 0 Å². The van der Waals surface area contributed by atoms with Crippen LogP contribution in [-0.2, 0) is 9.59 Å². The second-order valence-electron chi connectivity index (χ2n) is 4.54. The zero-order chi connectivity index (χ0) is 10.8. The van der Waals surface area contributed by atoms with E-state index in [1.807, 2.05) is 13.8 Å². The van der Waals surface area contributed by atoms with E-state index in [0.717, 1.165) is 12.8 Å². The Balaban J connectivity index is 2.31. The van der Waals surface area contributed by atoms with Crippen molar-refractivity contribution in [2.45, 2.75) is 45.1 Å². The van der Waals surface area contributed by atoms with Crippen molar-refractivity contribution in [3.8, 4) is 0 Å². The van der Waals surface area contributed by atoms with E-state index in [0.29, 0.717) is 6.42 Å². The fraction of sp³-hybridized carbons (Fsp3) is 0.800. The fourth-order valence-electron chi connectivity index (χ4n) is 1.26. The third-order valence-corrected chi connectivity index (χ3v) is 2.37. The fourth-order valence-corrected chi connectivity index (χ4v) is 1.26. The lowest BCUT2D eigenvalue weighted by Gasteiger charge is -2.25. The van der Waals surface area contributed by atoms with Crippen LogP contribution in [-0.4, -0.2) is 22.5 Å². The molecule has 1 rings (SSSR count). The summed E-state index contributed by atoms with van der Waals surface area (Å²) < 4.78 is 0. The second-order valence-corrected chi connectivity index (χ2v) is 4.54. The van der Waals surface area contributed by atoms with Gasteiger partial charge < -0.3 is 10.4 Å². The zero-order valence-electron chi connectivity index (χ0n) is 8.67. The number of hydrogen-bond acceptors (Lipinski definition) is 2. The highest BCUT2D eigenvalue weighted by atomic mass is 16.4. The summed E-state index contributed by atoms with van der Waals surface area (Å²) in [7, 11) is 0. The van der Waals surface area contributed by atoms with Crippen LogP contribution in [0.1, 0.15) is 39.5 Å². The van der Waals surface area contributed by atoms with Crippen LogP contribution in [0.15, 0.2) is 0 Å². The summed E-state index contributed by atoms with van der Waals surface area (Å²) in [5.74, 6) is -0.571. The predicted molar refractivity (Wildman–Crippen MR) is 51.8 cm³/mol. The Kier molecular flexibility index (Phi) is 3.13. The molecule has 1 saturated carbocycles. The lowest BCUT2D eigenvalue weighted by Crippen LogP contribution is -2.44. The molecule has 0 radical (unpaired) electrons. The summed E-state index contributed by atoms with van der Waals surface area (Å²) in [6.07, 6.45) is 2.51. The molecule has 0 spiro atoms. The van der Waals surface area contributed by atoms with Crippen molar-refractivity contribution in [2.24, 2.45) is 5.92 Å². The molecule has 1 amide bonds. The summed E-state index contributed by atoms with van der Waals surface area (Å²) in [5.41, 5.74) is -0.405. The number of amides is 1. The van der Waals surface area contributed by atoms with Crippen LogP contribution in [0.25, 0.3) is 0 Å². The van der Waals surface area contributed by atoms with E-state index in [-0.39, 0.29) is 18.2 Å². The highest BCUT2D eigenvalue weighted by Gasteiger charge is 2.33. The SMILES string of the molecule is CC(C)(CCC(=O)O)NC(=O)C1CC1. The Bertz CT molecular complexity index is 244. The van der Waals surface area contributed by atoms with Crippen LogP contribution < -0.4 is 5.32 Å². The molecule has 1 fully saturated rings. The van der Waals surface area contributed by atoms with E-state index in [1.165, 1.54) is 0 Å². The van der Waals surface area contributed by atoms with Crippen molar-refractivity contribution >= 4 is 11.9 Å². The van der Waals surface area contributed by atoms with Gasteiger partial charge in [0.15, 0.2) is 0 Å². The molecule has 0 aliphatic heterocycles. The Hall–Kier alpha value is -1.06. The molecule has 0 aromatic heterocycles. The summed E-state index contributed by atoms with van der Waals surface area (Å²) >= 11 is 0. The second kappa shape index (κ2) is 3.98. The first-order chi connectivity index (χ1) is 6.41. The molecule has 0 heterocycles. The molecular formula is C10H17NO3. The maximum Gasteiger partial charge on any atom is 0.303 e. The molecule has 4 nitrogen and oxygen atoms in total. The lowest BCUT2D eigenvalue weighted by atomic mass is 9.98. The molecule has 4 heteroatoms. The van der Waals surface area contributed by atoms with Crippen LogP contribution in [0.3, 0.4) is 0 Å². The highest BCUT2D eigenvalue weighted by molar-refractivity contribution is 5.81. The number of nitrogens with one attached hydrogen (secondary N) is 1. The van der Waals surface area contributed by atoms with Crippen molar-refractivity contribution in [3.63, 3.8) is 0 Å².